The molecule has 5 heteroatoms. The molecule has 2 amide bonds. The van der Waals surface area contributed by atoms with E-state index in [1.807, 2.05) is 12.1 Å². The SMILES string of the molecule is O=C1CCc2cc(CCNC(=O)c3cccc(F)c3)ccc2N1. The van der Waals surface area contributed by atoms with E-state index in [2.05, 4.69) is 16.7 Å². The third kappa shape index (κ3) is 3.74. The van der Waals surface area contributed by atoms with E-state index in [0.717, 1.165) is 23.2 Å². The molecule has 0 bridgehead atoms. The molecule has 0 spiro atoms. The van der Waals surface area contributed by atoms with Gasteiger partial charge >= 0.3 is 0 Å². The monoisotopic (exact) mass is 312 g/mol. The minimum Gasteiger partial charge on any atom is -0.352 e. The number of hydrogen-bond acceptors (Lipinski definition) is 2. The van der Waals surface area contributed by atoms with Crippen molar-refractivity contribution in [2.45, 2.75) is 19.3 Å². The number of benzene rings is 2. The molecule has 1 aliphatic rings. The van der Waals surface area contributed by atoms with Crippen molar-refractivity contribution in [1.29, 1.82) is 0 Å². The molecule has 0 atom stereocenters. The van der Waals surface area contributed by atoms with Crippen molar-refractivity contribution in [3.8, 4) is 0 Å². The van der Waals surface area contributed by atoms with Crippen LogP contribution in [0, 0.1) is 5.82 Å². The smallest absolute Gasteiger partial charge is 0.251 e. The lowest BCUT2D eigenvalue weighted by atomic mass is 9.99. The lowest BCUT2D eigenvalue weighted by Gasteiger charge is -2.17. The normalized spacial score (nSPS) is 13.2. The Balaban J connectivity index is 1.57. The molecule has 0 saturated heterocycles. The van der Waals surface area contributed by atoms with Gasteiger partial charge in [0.2, 0.25) is 5.91 Å². The average Bonchev–Trinajstić information content (AvgIpc) is 2.55. The van der Waals surface area contributed by atoms with Crippen LogP contribution < -0.4 is 10.6 Å². The van der Waals surface area contributed by atoms with E-state index < -0.39 is 5.82 Å². The zero-order valence-electron chi connectivity index (χ0n) is 12.6. The molecule has 2 aromatic rings. The molecular formula is C18H17FN2O2. The van der Waals surface area contributed by atoms with Crippen LogP contribution in [0.25, 0.3) is 0 Å². The molecule has 0 unspecified atom stereocenters. The first-order valence-corrected chi connectivity index (χ1v) is 7.57. The van der Waals surface area contributed by atoms with Gasteiger partial charge in [0.25, 0.3) is 5.91 Å². The Kier molecular flexibility index (Phi) is 4.37. The summed E-state index contributed by atoms with van der Waals surface area (Å²) >= 11 is 0. The van der Waals surface area contributed by atoms with E-state index in [4.69, 9.17) is 0 Å². The van der Waals surface area contributed by atoms with Crippen molar-refractivity contribution in [3.63, 3.8) is 0 Å². The molecule has 118 valence electrons. The fourth-order valence-corrected chi connectivity index (χ4v) is 2.64. The van der Waals surface area contributed by atoms with Gasteiger partial charge in [-0.3, -0.25) is 9.59 Å². The Bertz CT molecular complexity index is 758. The van der Waals surface area contributed by atoms with Gasteiger partial charge in [0, 0.05) is 24.2 Å². The zero-order chi connectivity index (χ0) is 16.2. The largest absolute Gasteiger partial charge is 0.352 e. The molecule has 1 aliphatic heterocycles. The van der Waals surface area contributed by atoms with E-state index in [-0.39, 0.29) is 11.8 Å². The number of aryl methyl sites for hydroxylation is 1. The number of anilines is 1. The zero-order valence-corrected chi connectivity index (χ0v) is 12.6. The summed E-state index contributed by atoms with van der Waals surface area (Å²) in [6, 6.07) is 11.5. The van der Waals surface area contributed by atoms with E-state index >= 15 is 0 Å². The van der Waals surface area contributed by atoms with Gasteiger partial charge in [0.15, 0.2) is 0 Å². The van der Waals surface area contributed by atoms with Crippen molar-refractivity contribution < 1.29 is 14.0 Å². The predicted octanol–water partition coefficient (Wildman–Crippen LogP) is 2.68. The number of fused-ring (bicyclic) bond motifs is 1. The second-order valence-electron chi connectivity index (χ2n) is 5.56. The van der Waals surface area contributed by atoms with Crippen molar-refractivity contribution >= 4 is 17.5 Å². The number of carbonyl (C=O) groups is 2. The second-order valence-corrected chi connectivity index (χ2v) is 5.56. The molecule has 0 aromatic heterocycles. The van der Waals surface area contributed by atoms with Crippen LogP contribution in [0.1, 0.15) is 27.9 Å². The van der Waals surface area contributed by atoms with Gasteiger partial charge in [0.05, 0.1) is 0 Å². The van der Waals surface area contributed by atoms with Crippen LogP contribution in [-0.2, 0) is 17.6 Å². The molecule has 0 saturated carbocycles. The fourth-order valence-electron chi connectivity index (χ4n) is 2.64. The first-order valence-electron chi connectivity index (χ1n) is 7.57. The molecule has 4 nitrogen and oxygen atoms in total. The van der Waals surface area contributed by atoms with Gasteiger partial charge in [0.1, 0.15) is 5.82 Å². The van der Waals surface area contributed by atoms with Crippen LogP contribution in [0.5, 0.6) is 0 Å². The van der Waals surface area contributed by atoms with Crippen LogP contribution in [-0.4, -0.2) is 18.4 Å². The average molecular weight is 312 g/mol. The van der Waals surface area contributed by atoms with Crippen LogP contribution in [0.15, 0.2) is 42.5 Å². The molecule has 0 radical (unpaired) electrons. The summed E-state index contributed by atoms with van der Waals surface area (Å²) in [6.45, 7) is 0.473. The van der Waals surface area contributed by atoms with E-state index in [0.29, 0.717) is 24.9 Å². The summed E-state index contributed by atoms with van der Waals surface area (Å²) in [4.78, 5) is 23.3. The number of amides is 2. The number of hydrogen-bond donors (Lipinski definition) is 2. The molecule has 0 fully saturated rings. The summed E-state index contributed by atoms with van der Waals surface area (Å²) in [5.74, 6) is -0.656. The van der Waals surface area contributed by atoms with E-state index in [1.54, 1.807) is 6.07 Å². The van der Waals surface area contributed by atoms with Crippen molar-refractivity contribution in [2.24, 2.45) is 0 Å². The summed E-state index contributed by atoms with van der Waals surface area (Å²) < 4.78 is 13.1. The first-order chi connectivity index (χ1) is 11.1. The molecule has 0 aliphatic carbocycles. The van der Waals surface area contributed by atoms with Gasteiger partial charge in [-0.25, -0.2) is 4.39 Å². The maximum Gasteiger partial charge on any atom is 0.251 e. The minimum atomic E-state index is -0.422. The number of carbonyl (C=O) groups excluding carboxylic acids is 2. The summed E-state index contributed by atoms with van der Waals surface area (Å²) in [7, 11) is 0. The highest BCUT2D eigenvalue weighted by Gasteiger charge is 2.14. The van der Waals surface area contributed by atoms with Gasteiger partial charge in [-0.15, -0.1) is 0 Å². The maximum atomic E-state index is 13.1. The third-order valence-corrected chi connectivity index (χ3v) is 3.85. The lowest BCUT2D eigenvalue weighted by molar-refractivity contribution is -0.116. The van der Waals surface area contributed by atoms with Crippen molar-refractivity contribution in [3.05, 3.63) is 65.0 Å². The highest BCUT2D eigenvalue weighted by atomic mass is 19.1. The number of nitrogens with one attached hydrogen (secondary N) is 2. The Hall–Kier alpha value is -2.69. The topological polar surface area (TPSA) is 58.2 Å². The quantitative estimate of drug-likeness (QED) is 0.912. The summed E-state index contributed by atoms with van der Waals surface area (Å²) in [5.41, 5.74) is 3.41. The van der Waals surface area contributed by atoms with Gasteiger partial charge < -0.3 is 10.6 Å². The van der Waals surface area contributed by atoms with Crippen LogP contribution >= 0.6 is 0 Å². The lowest BCUT2D eigenvalue weighted by Crippen LogP contribution is -2.26. The molecule has 3 rings (SSSR count). The standard InChI is InChI=1S/C18H17FN2O2/c19-15-3-1-2-14(11-15)18(23)20-9-8-12-4-6-16-13(10-12)5-7-17(22)21-16/h1-4,6,10-11H,5,7-9H2,(H,20,23)(H,21,22). The van der Waals surface area contributed by atoms with Crippen molar-refractivity contribution in [2.75, 3.05) is 11.9 Å². The van der Waals surface area contributed by atoms with Crippen molar-refractivity contribution in [1.82, 2.24) is 5.32 Å². The first kappa shape index (κ1) is 15.2. The highest BCUT2D eigenvalue weighted by molar-refractivity contribution is 5.94. The summed E-state index contributed by atoms with van der Waals surface area (Å²) in [5, 5.41) is 5.63. The van der Waals surface area contributed by atoms with E-state index in [1.165, 1.54) is 18.2 Å². The second kappa shape index (κ2) is 6.60. The summed E-state index contributed by atoms with van der Waals surface area (Å²) in [6.07, 6.45) is 1.93. The van der Waals surface area contributed by atoms with Crippen LogP contribution in [0.4, 0.5) is 10.1 Å². The molecule has 2 N–H and O–H groups in total. The highest BCUT2D eigenvalue weighted by Crippen LogP contribution is 2.23. The van der Waals surface area contributed by atoms with Gasteiger partial charge in [-0.2, -0.15) is 0 Å². The predicted molar refractivity (Wildman–Crippen MR) is 85.8 cm³/mol. The van der Waals surface area contributed by atoms with Crippen LogP contribution in [0.2, 0.25) is 0 Å². The third-order valence-electron chi connectivity index (χ3n) is 3.85. The number of rotatable bonds is 4. The van der Waals surface area contributed by atoms with Gasteiger partial charge in [-0.05, 0) is 48.2 Å². The molecule has 23 heavy (non-hydrogen) atoms. The molecular weight excluding hydrogens is 295 g/mol. The Morgan fingerprint density at radius 3 is 2.87 bits per heavy atom. The molecule has 1 heterocycles. The Morgan fingerprint density at radius 1 is 1.17 bits per heavy atom. The van der Waals surface area contributed by atoms with E-state index in [9.17, 15) is 14.0 Å². The van der Waals surface area contributed by atoms with Gasteiger partial charge in [-0.1, -0.05) is 18.2 Å². The molecule has 2 aromatic carbocycles. The number of halogens is 1. The van der Waals surface area contributed by atoms with Crippen LogP contribution in [0.3, 0.4) is 0 Å². The fraction of sp³-hybridized carbons (Fsp3) is 0.222. The Labute approximate surface area is 133 Å². The maximum absolute atomic E-state index is 13.1. The minimum absolute atomic E-state index is 0.0487. The Morgan fingerprint density at radius 2 is 2.04 bits per heavy atom.